The lowest BCUT2D eigenvalue weighted by atomic mass is 9.98. The number of carbonyl (C=O) groups excluding carboxylic acids is 1. The van der Waals surface area contributed by atoms with Crippen molar-refractivity contribution in [2.45, 2.75) is 25.2 Å². The van der Waals surface area contributed by atoms with Gasteiger partial charge in [-0.15, -0.1) is 0 Å². The third-order valence-corrected chi connectivity index (χ3v) is 4.69. The van der Waals surface area contributed by atoms with Crippen molar-refractivity contribution >= 4 is 27.8 Å². The first kappa shape index (κ1) is 17.0. The van der Waals surface area contributed by atoms with Crippen LogP contribution in [0.2, 0.25) is 0 Å². The number of aromatic nitrogens is 3. The van der Waals surface area contributed by atoms with Crippen molar-refractivity contribution in [1.82, 2.24) is 20.1 Å². The number of piperidine rings is 1. The normalized spacial score (nSPS) is 15.5. The van der Waals surface area contributed by atoms with Gasteiger partial charge >= 0.3 is 0 Å². The topological polar surface area (TPSA) is 71.8 Å². The summed E-state index contributed by atoms with van der Waals surface area (Å²) < 4.78 is 15.2. The Bertz CT molecular complexity index is 742. The minimum absolute atomic E-state index is 0.147. The molecule has 1 aliphatic heterocycles. The number of hydrogen-bond donors (Lipinski definition) is 2. The minimum Gasteiger partial charge on any atom is -0.317 e. The average Bonchev–Trinajstić information content (AvgIpc) is 2.93. The number of nitrogens with zero attached hydrogens (tertiary/aromatic N) is 3. The first-order valence-corrected chi connectivity index (χ1v) is 8.67. The molecular weight excluding hydrogens is 377 g/mol. The SMILES string of the molecule is Cn1nc(C2CCNCC2)nc1NC(=O)Cc1ccc(F)c(Br)c1. The van der Waals surface area contributed by atoms with Crippen molar-refractivity contribution in [2.24, 2.45) is 7.05 Å². The van der Waals surface area contributed by atoms with E-state index < -0.39 is 0 Å². The highest BCUT2D eigenvalue weighted by Crippen LogP contribution is 2.23. The Morgan fingerprint density at radius 2 is 2.21 bits per heavy atom. The maximum atomic E-state index is 13.2. The summed E-state index contributed by atoms with van der Waals surface area (Å²) in [6.45, 7) is 1.92. The molecule has 8 heteroatoms. The molecule has 0 radical (unpaired) electrons. The molecule has 1 fully saturated rings. The molecule has 1 saturated heterocycles. The van der Waals surface area contributed by atoms with Gasteiger partial charge in [-0.3, -0.25) is 10.1 Å². The largest absolute Gasteiger partial charge is 0.317 e. The van der Waals surface area contributed by atoms with Gasteiger partial charge in [0.15, 0.2) is 5.82 Å². The van der Waals surface area contributed by atoms with E-state index in [0.717, 1.165) is 37.3 Å². The second kappa shape index (κ2) is 7.40. The standard InChI is InChI=1S/C16H19BrFN5O/c1-23-16(21-15(22-23)11-4-6-19-7-5-11)20-14(24)9-10-2-3-13(18)12(17)8-10/h2-3,8,11,19H,4-7,9H2,1H3,(H,20,21,22,24). The molecule has 3 rings (SSSR count). The molecule has 1 aromatic heterocycles. The molecule has 2 heterocycles. The number of carbonyl (C=O) groups is 1. The lowest BCUT2D eigenvalue weighted by molar-refractivity contribution is -0.115. The van der Waals surface area contributed by atoms with Crippen LogP contribution in [0.5, 0.6) is 0 Å². The van der Waals surface area contributed by atoms with E-state index in [2.05, 4.69) is 36.6 Å². The lowest BCUT2D eigenvalue weighted by Gasteiger charge is -2.19. The van der Waals surface area contributed by atoms with Gasteiger partial charge in [-0.1, -0.05) is 6.07 Å². The summed E-state index contributed by atoms with van der Waals surface area (Å²) in [6, 6.07) is 4.53. The first-order valence-electron chi connectivity index (χ1n) is 7.88. The van der Waals surface area contributed by atoms with Gasteiger partial charge in [-0.05, 0) is 59.6 Å². The Morgan fingerprint density at radius 1 is 1.46 bits per heavy atom. The van der Waals surface area contributed by atoms with Gasteiger partial charge in [-0.25, -0.2) is 9.07 Å². The fourth-order valence-corrected chi connectivity index (χ4v) is 3.20. The van der Waals surface area contributed by atoms with Gasteiger partial charge in [-0.2, -0.15) is 10.1 Å². The van der Waals surface area contributed by atoms with E-state index >= 15 is 0 Å². The van der Waals surface area contributed by atoms with Crippen molar-refractivity contribution in [3.8, 4) is 0 Å². The molecule has 0 saturated carbocycles. The van der Waals surface area contributed by atoms with E-state index in [0.29, 0.717) is 16.3 Å². The molecule has 0 bridgehead atoms. The molecule has 1 amide bonds. The molecule has 0 aliphatic carbocycles. The number of benzene rings is 1. The highest BCUT2D eigenvalue weighted by molar-refractivity contribution is 9.10. The smallest absolute Gasteiger partial charge is 0.231 e. The number of nitrogens with one attached hydrogen (secondary N) is 2. The quantitative estimate of drug-likeness (QED) is 0.833. The highest BCUT2D eigenvalue weighted by atomic mass is 79.9. The second-order valence-corrected chi connectivity index (χ2v) is 6.77. The van der Waals surface area contributed by atoms with Crippen LogP contribution in [0, 0.1) is 5.82 Å². The molecule has 1 aliphatic rings. The molecule has 2 N–H and O–H groups in total. The molecule has 0 unspecified atom stereocenters. The van der Waals surface area contributed by atoms with Crippen LogP contribution in [0.25, 0.3) is 0 Å². The summed E-state index contributed by atoms with van der Waals surface area (Å²) in [5, 5.41) is 10.5. The Labute approximate surface area is 148 Å². The van der Waals surface area contributed by atoms with Gasteiger partial charge in [0, 0.05) is 13.0 Å². The molecule has 128 valence electrons. The van der Waals surface area contributed by atoms with Crippen LogP contribution < -0.4 is 10.6 Å². The molecule has 24 heavy (non-hydrogen) atoms. The number of hydrogen-bond acceptors (Lipinski definition) is 4. The first-order chi connectivity index (χ1) is 11.5. The van der Waals surface area contributed by atoms with E-state index in [1.807, 2.05) is 0 Å². The molecule has 0 spiro atoms. The van der Waals surface area contributed by atoms with Crippen LogP contribution in [0.1, 0.15) is 30.1 Å². The van der Waals surface area contributed by atoms with E-state index in [9.17, 15) is 9.18 Å². The Balaban J connectivity index is 1.65. The molecule has 0 atom stereocenters. The van der Waals surface area contributed by atoms with E-state index in [1.165, 1.54) is 6.07 Å². The zero-order chi connectivity index (χ0) is 17.1. The number of rotatable bonds is 4. The van der Waals surface area contributed by atoms with Crippen molar-refractivity contribution in [2.75, 3.05) is 18.4 Å². The monoisotopic (exact) mass is 395 g/mol. The van der Waals surface area contributed by atoms with Gasteiger partial charge in [0.05, 0.1) is 10.9 Å². The predicted octanol–water partition coefficient (Wildman–Crippen LogP) is 2.36. The van der Waals surface area contributed by atoms with Crippen LogP contribution in [-0.2, 0) is 18.3 Å². The zero-order valence-corrected chi connectivity index (χ0v) is 14.9. The van der Waals surface area contributed by atoms with Crippen LogP contribution >= 0.6 is 15.9 Å². The van der Waals surface area contributed by atoms with Crippen molar-refractivity contribution in [3.05, 3.63) is 39.9 Å². The minimum atomic E-state index is -0.348. The Morgan fingerprint density at radius 3 is 2.92 bits per heavy atom. The van der Waals surface area contributed by atoms with Crippen molar-refractivity contribution < 1.29 is 9.18 Å². The summed E-state index contributed by atoms with van der Waals surface area (Å²) in [5.41, 5.74) is 0.724. The lowest BCUT2D eigenvalue weighted by Crippen LogP contribution is -2.27. The Kier molecular flexibility index (Phi) is 5.25. The fraction of sp³-hybridized carbons (Fsp3) is 0.438. The maximum Gasteiger partial charge on any atom is 0.231 e. The van der Waals surface area contributed by atoms with E-state index in [-0.39, 0.29) is 18.1 Å². The van der Waals surface area contributed by atoms with E-state index in [1.54, 1.807) is 23.9 Å². The number of aryl methyl sites for hydroxylation is 1. The number of amides is 1. The van der Waals surface area contributed by atoms with E-state index in [4.69, 9.17) is 0 Å². The van der Waals surface area contributed by atoms with Gasteiger partial charge in [0.25, 0.3) is 0 Å². The van der Waals surface area contributed by atoms with Crippen LogP contribution in [0.4, 0.5) is 10.3 Å². The van der Waals surface area contributed by atoms with Crippen molar-refractivity contribution in [3.63, 3.8) is 0 Å². The van der Waals surface area contributed by atoms with Crippen LogP contribution in [-0.4, -0.2) is 33.8 Å². The van der Waals surface area contributed by atoms with Crippen molar-refractivity contribution in [1.29, 1.82) is 0 Å². The summed E-state index contributed by atoms with van der Waals surface area (Å²) >= 11 is 3.12. The number of anilines is 1. The molecule has 6 nitrogen and oxygen atoms in total. The molecular formula is C16H19BrFN5O. The Hall–Kier alpha value is -1.80. The van der Waals surface area contributed by atoms with Gasteiger partial charge in [0.1, 0.15) is 5.82 Å². The third-order valence-electron chi connectivity index (χ3n) is 4.08. The predicted molar refractivity (Wildman–Crippen MR) is 92.3 cm³/mol. The number of halogens is 2. The summed E-state index contributed by atoms with van der Waals surface area (Å²) in [5.74, 6) is 0.990. The second-order valence-electron chi connectivity index (χ2n) is 5.91. The molecule has 2 aromatic rings. The zero-order valence-electron chi connectivity index (χ0n) is 13.4. The third kappa shape index (κ3) is 3.99. The van der Waals surface area contributed by atoms with Gasteiger partial charge in [0.2, 0.25) is 11.9 Å². The van der Waals surface area contributed by atoms with Crippen LogP contribution in [0.15, 0.2) is 22.7 Å². The summed E-state index contributed by atoms with van der Waals surface area (Å²) in [6.07, 6.45) is 2.15. The summed E-state index contributed by atoms with van der Waals surface area (Å²) in [4.78, 5) is 16.7. The maximum absolute atomic E-state index is 13.2. The average molecular weight is 396 g/mol. The highest BCUT2D eigenvalue weighted by Gasteiger charge is 2.21. The van der Waals surface area contributed by atoms with Gasteiger partial charge < -0.3 is 5.32 Å². The summed E-state index contributed by atoms with van der Waals surface area (Å²) in [7, 11) is 1.77. The molecule has 1 aromatic carbocycles. The van der Waals surface area contributed by atoms with Crippen LogP contribution in [0.3, 0.4) is 0 Å². The fourth-order valence-electron chi connectivity index (χ4n) is 2.77.